The van der Waals surface area contributed by atoms with Crippen molar-refractivity contribution >= 4 is 18.6 Å². The average Bonchev–Trinajstić information content (AvgIpc) is 2.90. The van der Waals surface area contributed by atoms with Crippen LogP contribution in [0.3, 0.4) is 0 Å². The van der Waals surface area contributed by atoms with Crippen molar-refractivity contribution in [2.45, 2.75) is 23.7 Å². The number of carboxylic acid groups (broad SMARTS) is 1. The Morgan fingerprint density at radius 3 is 2.56 bits per heavy atom. The number of hydrogen-bond acceptors (Lipinski definition) is 2. The molecule has 4 atom stereocenters. The Kier molecular flexibility index (Phi) is 2.94. The van der Waals surface area contributed by atoms with Crippen LogP contribution < -0.4 is 0 Å². The highest BCUT2D eigenvalue weighted by atomic mass is 32.1. The zero-order valence-corrected chi connectivity index (χ0v) is 10.9. The first-order valence-corrected chi connectivity index (χ1v) is 6.79. The van der Waals surface area contributed by atoms with Gasteiger partial charge in [-0.05, 0) is 47.8 Å². The molecule has 94 valence electrons. The second-order valence-corrected chi connectivity index (χ2v) is 5.84. The lowest BCUT2D eigenvalue weighted by atomic mass is 9.77. The van der Waals surface area contributed by atoms with Crippen molar-refractivity contribution < 1.29 is 9.90 Å². The normalized spacial score (nSPS) is 32.9. The number of benzene rings is 1. The van der Waals surface area contributed by atoms with E-state index in [4.69, 9.17) is 5.11 Å². The van der Waals surface area contributed by atoms with Crippen LogP contribution >= 0.6 is 12.6 Å². The molecule has 0 heterocycles. The second kappa shape index (κ2) is 4.47. The average molecular weight is 260 g/mol. The summed E-state index contributed by atoms with van der Waals surface area (Å²) in [5.74, 6) is 0.905. The number of hydrogen-bond donors (Lipinski definition) is 2. The molecule has 0 aromatic heterocycles. The van der Waals surface area contributed by atoms with Crippen molar-refractivity contribution in [3.63, 3.8) is 0 Å². The predicted molar refractivity (Wildman–Crippen MR) is 72.9 cm³/mol. The zero-order chi connectivity index (χ0) is 12.7. The summed E-state index contributed by atoms with van der Waals surface area (Å²) in [5, 5.41) is 9.07. The molecule has 2 bridgehead atoms. The molecule has 2 nitrogen and oxygen atoms in total. The minimum Gasteiger partial charge on any atom is -0.481 e. The summed E-state index contributed by atoms with van der Waals surface area (Å²) in [4.78, 5) is 12.0. The molecule has 0 aliphatic heterocycles. The fraction of sp³-hybridized carbons (Fsp3) is 0.400. The third-order valence-corrected chi connectivity index (χ3v) is 4.61. The maximum atomic E-state index is 11.0. The first-order chi connectivity index (χ1) is 8.65. The Balaban J connectivity index is 1.91. The summed E-state index contributed by atoms with van der Waals surface area (Å²) in [6.07, 6.45) is 5.87. The van der Waals surface area contributed by atoms with E-state index < -0.39 is 5.97 Å². The van der Waals surface area contributed by atoms with Gasteiger partial charge in [-0.25, -0.2) is 0 Å². The van der Waals surface area contributed by atoms with Gasteiger partial charge in [0.15, 0.2) is 0 Å². The molecule has 0 amide bonds. The van der Waals surface area contributed by atoms with Gasteiger partial charge >= 0.3 is 5.97 Å². The number of carbonyl (C=O) groups is 1. The van der Waals surface area contributed by atoms with Crippen LogP contribution in [-0.2, 0) is 4.79 Å². The lowest BCUT2D eigenvalue weighted by Crippen LogP contribution is -2.20. The van der Waals surface area contributed by atoms with Gasteiger partial charge in [0.2, 0.25) is 0 Å². The summed E-state index contributed by atoms with van der Waals surface area (Å²) in [6, 6.07) is 8.17. The summed E-state index contributed by atoms with van der Waals surface area (Å²) in [5.41, 5.74) is 1.26. The van der Waals surface area contributed by atoms with Crippen LogP contribution in [0.2, 0.25) is 0 Å². The molecule has 0 saturated heterocycles. The Labute approximate surface area is 112 Å². The highest BCUT2D eigenvalue weighted by Crippen LogP contribution is 2.54. The minimum atomic E-state index is -0.684. The van der Waals surface area contributed by atoms with Gasteiger partial charge < -0.3 is 5.11 Å². The molecule has 1 fully saturated rings. The number of aliphatic carboxylic acids is 1. The van der Waals surface area contributed by atoms with Gasteiger partial charge in [-0.2, -0.15) is 0 Å². The van der Waals surface area contributed by atoms with Crippen molar-refractivity contribution in [1.82, 2.24) is 0 Å². The lowest BCUT2D eigenvalue weighted by Gasteiger charge is -2.27. The molecule has 3 rings (SSSR count). The fourth-order valence-corrected chi connectivity index (χ4v) is 3.74. The van der Waals surface area contributed by atoms with Crippen molar-refractivity contribution in [3.8, 4) is 0 Å². The van der Waals surface area contributed by atoms with E-state index in [0.717, 1.165) is 11.3 Å². The van der Waals surface area contributed by atoms with Gasteiger partial charge in [-0.1, -0.05) is 24.3 Å². The van der Waals surface area contributed by atoms with Crippen molar-refractivity contribution in [3.05, 3.63) is 42.0 Å². The second-order valence-electron chi connectivity index (χ2n) is 5.33. The van der Waals surface area contributed by atoms with Crippen molar-refractivity contribution in [2.24, 2.45) is 17.8 Å². The van der Waals surface area contributed by atoms with Gasteiger partial charge in [0.1, 0.15) is 0 Å². The number of thiol groups is 1. The minimum absolute atomic E-state index is 0.253. The molecule has 1 N–H and O–H groups in total. The summed E-state index contributed by atoms with van der Waals surface area (Å²) in [6.45, 7) is 0. The van der Waals surface area contributed by atoms with Crippen LogP contribution in [0.5, 0.6) is 0 Å². The molecule has 0 spiro atoms. The Morgan fingerprint density at radius 1 is 1.22 bits per heavy atom. The van der Waals surface area contributed by atoms with Gasteiger partial charge in [-0.3, -0.25) is 4.79 Å². The molecule has 1 saturated carbocycles. The summed E-state index contributed by atoms with van der Waals surface area (Å²) >= 11 is 4.30. The van der Waals surface area contributed by atoms with Crippen LogP contribution in [0, 0.1) is 17.8 Å². The Bertz CT molecular complexity index is 492. The molecule has 18 heavy (non-hydrogen) atoms. The van der Waals surface area contributed by atoms with Gasteiger partial charge in [0.05, 0.1) is 0 Å². The zero-order valence-electron chi connectivity index (χ0n) is 9.99. The fourth-order valence-electron chi connectivity index (χ4n) is 3.60. The third kappa shape index (κ3) is 1.97. The maximum Gasteiger partial charge on any atom is 0.303 e. The third-order valence-electron chi connectivity index (χ3n) is 4.31. The first kappa shape index (κ1) is 11.8. The monoisotopic (exact) mass is 260 g/mol. The summed E-state index contributed by atoms with van der Waals surface area (Å²) in [7, 11) is 0. The quantitative estimate of drug-likeness (QED) is 0.646. The van der Waals surface area contributed by atoms with Gasteiger partial charge in [0, 0.05) is 11.3 Å². The molecule has 2 aliphatic rings. The predicted octanol–water partition coefficient (Wildman–Crippen LogP) is 3.36. The van der Waals surface area contributed by atoms with E-state index in [1.807, 2.05) is 12.1 Å². The topological polar surface area (TPSA) is 37.3 Å². The van der Waals surface area contributed by atoms with E-state index in [1.54, 1.807) is 0 Å². The lowest BCUT2D eigenvalue weighted by molar-refractivity contribution is -0.138. The maximum absolute atomic E-state index is 11.0. The first-order valence-electron chi connectivity index (χ1n) is 6.34. The van der Waals surface area contributed by atoms with E-state index in [9.17, 15) is 4.79 Å². The Hall–Kier alpha value is -1.22. The molecule has 1 aromatic rings. The van der Waals surface area contributed by atoms with E-state index in [2.05, 4.69) is 36.9 Å². The van der Waals surface area contributed by atoms with Crippen molar-refractivity contribution in [2.75, 3.05) is 0 Å². The van der Waals surface area contributed by atoms with Gasteiger partial charge in [-0.15, -0.1) is 12.6 Å². The van der Waals surface area contributed by atoms with Crippen LogP contribution in [0.4, 0.5) is 0 Å². The van der Waals surface area contributed by atoms with E-state index in [1.165, 1.54) is 5.56 Å². The highest BCUT2D eigenvalue weighted by molar-refractivity contribution is 7.80. The largest absolute Gasteiger partial charge is 0.481 e. The molecular weight excluding hydrogens is 244 g/mol. The molecular formula is C15H16O2S. The van der Waals surface area contributed by atoms with E-state index >= 15 is 0 Å². The van der Waals surface area contributed by atoms with E-state index in [0.29, 0.717) is 17.8 Å². The molecule has 1 aromatic carbocycles. The number of rotatable bonds is 3. The van der Waals surface area contributed by atoms with Crippen LogP contribution in [0.15, 0.2) is 41.3 Å². The molecule has 2 aliphatic carbocycles. The number of allylic oxidation sites excluding steroid dienone is 2. The number of fused-ring (bicyclic) bond motifs is 2. The van der Waals surface area contributed by atoms with Gasteiger partial charge in [0.25, 0.3) is 0 Å². The standard InChI is InChI=1S/C15H16O2S/c16-14(17)8-13-10-1-2-11(7-10)15(13)9-3-5-12(18)6-4-9/h1-6,10-11,13,15,18H,7-8H2,(H,16,17). The molecule has 4 unspecified atom stereocenters. The van der Waals surface area contributed by atoms with E-state index in [-0.39, 0.29) is 12.3 Å². The van der Waals surface area contributed by atoms with Crippen LogP contribution in [-0.4, -0.2) is 11.1 Å². The molecule has 3 heteroatoms. The van der Waals surface area contributed by atoms with Crippen LogP contribution in [0.1, 0.15) is 24.3 Å². The highest BCUT2D eigenvalue weighted by Gasteiger charge is 2.45. The van der Waals surface area contributed by atoms with Crippen LogP contribution in [0.25, 0.3) is 0 Å². The molecule has 0 radical (unpaired) electrons. The number of carboxylic acids is 1. The smallest absolute Gasteiger partial charge is 0.303 e. The summed E-state index contributed by atoms with van der Waals surface area (Å²) < 4.78 is 0. The SMILES string of the molecule is O=C(O)CC1C2C=CC(C2)C1c1ccc(S)cc1. The van der Waals surface area contributed by atoms with Crippen molar-refractivity contribution in [1.29, 1.82) is 0 Å². The Morgan fingerprint density at radius 2 is 1.89 bits per heavy atom.